The summed E-state index contributed by atoms with van der Waals surface area (Å²) in [6, 6.07) is 22.6. The van der Waals surface area contributed by atoms with Crippen molar-refractivity contribution in [3.63, 3.8) is 0 Å². The van der Waals surface area contributed by atoms with E-state index in [1.165, 1.54) is 0 Å². The Labute approximate surface area is 166 Å². The molecule has 3 aromatic heterocycles. The van der Waals surface area contributed by atoms with Crippen molar-refractivity contribution in [2.75, 3.05) is 0 Å². The topological polar surface area (TPSA) is 88.7 Å². The number of benzene rings is 2. The fourth-order valence-electron chi connectivity index (χ4n) is 3.20. The molecule has 2 N–H and O–H groups in total. The van der Waals surface area contributed by atoms with Gasteiger partial charge in [0.2, 0.25) is 0 Å². The zero-order chi connectivity index (χ0) is 19.6. The van der Waals surface area contributed by atoms with E-state index >= 15 is 0 Å². The zero-order valence-electron chi connectivity index (χ0n) is 15.4. The maximum Gasteiger partial charge on any atom is 0.270 e. The van der Waals surface area contributed by atoms with Gasteiger partial charge in [0.1, 0.15) is 17.2 Å². The minimum atomic E-state index is -0.250. The Hall–Kier alpha value is -4.13. The van der Waals surface area contributed by atoms with Crippen LogP contribution in [0.1, 0.15) is 16.3 Å². The zero-order valence-corrected chi connectivity index (χ0v) is 15.4. The van der Waals surface area contributed by atoms with E-state index in [-0.39, 0.29) is 12.5 Å². The molecule has 0 saturated heterocycles. The molecule has 0 bridgehead atoms. The van der Waals surface area contributed by atoms with Crippen LogP contribution in [0, 0.1) is 0 Å². The highest BCUT2D eigenvalue weighted by Crippen LogP contribution is 2.22. The van der Waals surface area contributed by atoms with Gasteiger partial charge in [0.25, 0.3) is 5.91 Å². The van der Waals surface area contributed by atoms with E-state index in [0.29, 0.717) is 23.0 Å². The molecule has 3 heterocycles. The van der Waals surface area contributed by atoms with E-state index in [1.54, 1.807) is 23.1 Å². The fourth-order valence-corrected chi connectivity index (χ4v) is 3.20. The number of aromatic amines is 1. The van der Waals surface area contributed by atoms with Crippen molar-refractivity contribution in [2.45, 2.75) is 6.54 Å². The van der Waals surface area contributed by atoms with E-state index < -0.39 is 0 Å². The third-order valence-electron chi connectivity index (χ3n) is 4.57. The maximum atomic E-state index is 13.0. The van der Waals surface area contributed by atoms with Gasteiger partial charge in [-0.2, -0.15) is 5.10 Å². The molecule has 5 aromatic rings. The van der Waals surface area contributed by atoms with Crippen molar-refractivity contribution in [1.29, 1.82) is 0 Å². The molecule has 0 unspecified atom stereocenters. The Morgan fingerprint density at radius 2 is 1.86 bits per heavy atom. The Balaban J connectivity index is 1.44. The third kappa shape index (κ3) is 3.29. The van der Waals surface area contributed by atoms with Crippen LogP contribution in [0.25, 0.3) is 28.2 Å². The second-order valence-corrected chi connectivity index (χ2v) is 6.52. The van der Waals surface area contributed by atoms with Crippen LogP contribution in [0.5, 0.6) is 0 Å². The van der Waals surface area contributed by atoms with E-state index in [2.05, 4.69) is 20.4 Å². The smallest absolute Gasteiger partial charge is 0.270 e. The second-order valence-electron chi connectivity index (χ2n) is 6.52. The van der Waals surface area contributed by atoms with Crippen LogP contribution in [-0.4, -0.2) is 25.7 Å². The monoisotopic (exact) mass is 383 g/mol. The molecule has 1 amide bonds. The SMILES string of the molecule is O=C(NCc1nc2ccccc2[nH]1)c1cc(-c2ccco2)nn1-c1ccccc1. The molecule has 0 aliphatic rings. The summed E-state index contributed by atoms with van der Waals surface area (Å²) >= 11 is 0. The van der Waals surface area contributed by atoms with Crippen molar-refractivity contribution in [3.8, 4) is 17.1 Å². The molecule has 0 saturated carbocycles. The lowest BCUT2D eigenvalue weighted by Crippen LogP contribution is -2.25. The highest BCUT2D eigenvalue weighted by molar-refractivity contribution is 5.94. The number of nitrogens with one attached hydrogen (secondary N) is 2. The Bertz CT molecular complexity index is 1240. The van der Waals surface area contributed by atoms with Crippen LogP contribution in [0.15, 0.2) is 83.5 Å². The number of imidazole rings is 1. The average Bonchev–Trinajstić information content (AvgIpc) is 3.51. The number of aromatic nitrogens is 4. The van der Waals surface area contributed by atoms with Gasteiger partial charge in [0.15, 0.2) is 5.76 Å². The number of carbonyl (C=O) groups excluding carboxylic acids is 1. The molecule has 0 fully saturated rings. The molecular formula is C22H17N5O2. The first-order valence-electron chi connectivity index (χ1n) is 9.19. The van der Waals surface area contributed by atoms with Crippen LogP contribution in [0.4, 0.5) is 0 Å². The van der Waals surface area contributed by atoms with Gasteiger partial charge < -0.3 is 14.7 Å². The summed E-state index contributed by atoms with van der Waals surface area (Å²) in [4.78, 5) is 20.7. The van der Waals surface area contributed by atoms with Crippen LogP contribution in [0.2, 0.25) is 0 Å². The molecule has 7 nitrogen and oxygen atoms in total. The first-order chi connectivity index (χ1) is 14.3. The second kappa shape index (κ2) is 7.12. The summed E-state index contributed by atoms with van der Waals surface area (Å²) in [6.07, 6.45) is 1.58. The van der Waals surface area contributed by atoms with E-state index in [9.17, 15) is 4.79 Å². The lowest BCUT2D eigenvalue weighted by atomic mass is 10.2. The van der Waals surface area contributed by atoms with Crippen molar-refractivity contribution in [2.24, 2.45) is 0 Å². The van der Waals surface area contributed by atoms with Gasteiger partial charge in [0.05, 0.1) is 29.5 Å². The number of hydrogen-bond donors (Lipinski definition) is 2. The van der Waals surface area contributed by atoms with Gasteiger partial charge in [-0.15, -0.1) is 0 Å². The highest BCUT2D eigenvalue weighted by atomic mass is 16.3. The number of hydrogen-bond acceptors (Lipinski definition) is 4. The van der Waals surface area contributed by atoms with Crippen LogP contribution < -0.4 is 5.32 Å². The lowest BCUT2D eigenvalue weighted by Gasteiger charge is -2.07. The van der Waals surface area contributed by atoms with Gasteiger partial charge >= 0.3 is 0 Å². The molecule has 5 rings (SSSR count). The molecule has 0 aliphatic carbocycles. The van der Waals surface area contributed by atoms with E-state index in [0.717, 1.165) is 16.7 Å². The molecular weight excluding hydrogens is 366 g/mol. The number of H-pyrrole nitrogens is 1. The van der Waals surface area contributed by atoms with Gasteiger partial charge in [-0.1, -0.05) is 30.3 Å². The molecule has 2 aromatic carbocycles. The summed E-state index contributed by atoms with van der Waals surface area (Å²) in [5.41, 5.74) is 3.60. The minimum absolute atomic E-state index is 0.250. The van der Waals surface area contributed by atoms with Gasteiger partial charge in [-0.05, 0) is 36.4 Å². The quantitative estimate of drug-likeness (QED) is 0.481. The van der Waals surface area contributed by atoms with Crippen molar-refractivity contribution >= 4 is 16.9 Å². The Morgan fingerprint density at radius 3 is 2.66 bits per heavy atom. The predicted octanol–water partition coefficient (Wildman–Crippen LogP) is 3.94. The first-order valence-corrected chi connectivity index (χ1v) is 9.19. The maximum absolute atomic E-state index is 13.0. The standard InChI is InChI=1S/C22H17N5O2/c28-22(23-14-21-24-16-9-4-5-10-17(16)25-21)19-13-18(20-11-6-12-29-20)26-27(19)15-7-2-1-3-8-15/h1-13H,14H2,(H,23,28)(H,24,25). The molecule has 0 spiro atoms. The van der Waals surface area contributed by atoms with Crippen molar-refractivity contribution in [3.05, 3.63) is 90.6 Å². The Kier molecular flexibility index (Phi) is 4.18. The van der Waals surface area contributed by atoms with Crippen LogP contribution in [-0.2, 0) is 6.54 Å². The largest absolute Gasteiger partial charge is 0.463 e. The predicted molar refractivity (Wildman–Crippen MR) is 109 cm³/mol. The number of carbonyl (C=O) groups is 1. The highest BCUT2D eigenvalue weighted by Gasteiger charge is 2.19. The van der Waals surface area contributed by atoms with Crippen molar-refractivity contribution in [1.82, 2.24) is 25.1 Å². The molecule has 7 heteroatoms. The molecule has 0 aliphatic heterocycles. The molecule has 0 atom stereocenters. The summed E-state index contributed by atoms with van der Waals surface area (Å²) in [5, 5.41) is 7.49. The minimum Gasteiger partial charge on any atom is -0.463 e. The summed E-state index contributed by atoms with van der Waals surface area (Å²) in [6.45, 7) is 0.281. The van der Waals surface area contributed by atoms with E-state index in [1.807, 2.05) is 60.7 Å². The number of para-hydroxylation sites is 3. The van der Waals surface area contributed by atoms with Gasteiger partial charge in [-0.25, -0.2) is 9.67 Å². The summed E-state index contributed by atoms with van der Waals surface area (Å²) in [5.74, 6) is 1.04. The van der Waals surface area contributed by atoms with Gasteiger partial charge in [0, 0.05) is 6.07 Å². The fraction of sp³-hybridized carbons (Fsp3) is 0.0455. The van der Waals surface area contributed by atoms with Crippen LogP contribution >= 0.6 is 0 Å². The first kappa shape index (κ1) is 17.0. The summed E-state index contributed by atoms with van der Waals surface area (Å²) < 4.78 is 7.06. The average molecular weight is 383 g/mol. The number of amides is 1. The molecule has 29 heavy (non-hydrogen) atoms. The number of fused-ring (bicyclic) bond motifs is 1. The number of furan rings is 1. The summed E-state index contributed by atoms with van der Waals surface area (Å²) in [7, 11) is 0. The molecule has 142 valence electrons. The lowest BCUT2D eigenvalue weighted by molar-refractivity contribution is 0.0942. The van der Waals surface area contributed by atoms with Gasteiger partial charge in [-0.3, -0.25) is 4.79 Å². The van der Waals surface area contributed by atoms with E-state index in [4.69, 9.17) is 4.42 Å². The third-order valence-corrected chi connectivity index (χ3v) is 4.57. The number of nitrogens with zero attached hydrogens (tertiary/aromatic N) is 3. The Morgan fingerprint density at radius 1 is 1.03 bits per heavy atom. The molecule has 0 radical (unpaired) electrons. The van der Waals surface area contributed by atoms with Crippen LogP contribution in [0.3, 0.4) is 0 Å². The normalized spacial score (nSPS) is 11.0. The van der Waals surface area contributed by atoms with Crippen molar-refractivity contribution < 1.29 is 9.21 Å². The number of rotatable bonds is 5.